The summed E-state index contributed by atoms with van der Waals surface area (Å²) in [6.07, 6.45) is 4.55. The molecule has 0 saturated carbocycles. The van der Waals surface area contributed by atoms with E-state index in [1.807, 2.05) is 19.1 Å². The van der Waals surface area contributed by atoms with Crippen molar-refractivity contribution in [1.29, 1.82) is 0 Å². The van der Waals surface area contributed by atoms with Gasteiger partial charge < -0.3 is 10.1 Å². The Morgan fingerprint density at radius 3 is 2.90 bits per heavy atom. The number of likely N-dealkylation sites (N-methyl/N-ethyl adjacent to an activating group) is 1. The van der Waals surface area contributed by atoms with Crippen molar-refractivity contribution < 1.29 is 9.53 Å². The Balaban J connectivity index is 2.31. The molecular formula is C14H21BrN2O2S. The smallest absolute Gasteiger partial charge is 0.325 e. The Bertz CT molecular complexity index is 445. The number of halogens is 1. The number of carbonyl (C=O) groups is 1. The van der Waals surface area contributed by atoms with Crippen LogP contribution in [-0.2, 0) is 9.53 Å². The van der Waals surface area contributed by atoms with E-state index in [2.05, 4.69) is 26.2 Å². The minimum Gasteiger partial charge on any atom is -0.468 e. The Hall–Kier alpha value is -0.590. The lowest BCUT2D eigenvalue weighted by Crippen LogP contribution is -2.48. The molecule has 0 bridgehead atoms. The zero-order valence-corrected chi connectivity index (χ0v) is 14.5. The molecule has 0 aliphatic carbocycles. The van der Waals surface area contributed by atoms with Crippen LogP contribution in [-0.4, -0.2) is 36.4 Å². The second-order valence-corrected chi connectivity index (χ2v) is 6.61. The number of rotatable bonds is 8. The Morgan fingerprint density at radius 2 is 2.30 bits per heavy atom. The molecule has 1 N–H and O–H groups in total. The van der Waals surface area contributed by atoms with Gasteiger partial charge in [0.1, 0.15) is 10.6 Å². The van der Waals surface area contributed by atoms with Crippen molar-refractivity contribution in [3.63, 3.8) is 0 Å². The topological polar surface area (TPSA) is 51.2 Å². The quantitative estimate of drug-likeness (QED) is 0.438. The zero-order valence-electron chi connectivity index (χ0n) is 12.1. The Labute approximate surface area is 133 Å². The number of pyridine rings is 1. The number of methoxy groups -OCH3 is 1. The van der Waals surface area contributed by atoms with Crippen molar-refractivity contribution in [2.24, 2.45) is 0 Å². The van der Waals surface area contributed by atoms with Gasteiger partial charge in [0.2, 0.25) is 0 Å². The molecule has 112 valence electrons. The number of nitrogens with zero attached hydrogens (tertiary/aromatic N) is 1. The van der Waals surface area contributed by atoms with E-state index in [0.29, 0.717) is 0 Å². The van der Waals surface area contributed by atoms with Crippen LogP contribution in [0.25, 0.3) is 0 Å². The molecule has 0 amide bonds. The van der Waals surface area contributed by atoms with E-state index in [4.69, 9.17) is 4.74 Å². The average Bonchev–Trinajstić information content (AvgIpc) is 2.47. The molecule has 0 spiro atoms. The molecule has 1 heterocycles. The lowest BCUT2D eigenvalue weighted by Gasteiger charge is -2.25. The maximum absolute atomic E-state index is 11.7. The minimum absolute atomic E-state index is 0.208. The lowest BCUT2D eigenvalue weighted by molar-refractivity contribution is -0.148. The molecule has 0 aliphatic rings. The van der Waals surface area contributed by atoms with Gasteiger partial charge in [-0.05, 0) is 60.6 Å². The monoisotopic (exact) mass is 360 g/mol. The van der Waals surface area contributed by atoms with E-state index >= 15 is 0 Å². The van der Waals surface area contributed by atoms with Crippen LogP contribution in [0.1, 0.15) is 26.2 Å². The first-order valence-electron chi connectivity index (χ1n) is 6.54. The maximum Gasteiger partial charge on any atom is 0.325 e. The van der Waals surface area contributed by atoms with E-state index in [1.54, 1.807) is 25.0 Å². The Kier molecular flexibility index (Phi) is 7.55. The van der Waals surface area contributed by atoms with Crippen molar-refractivity contribution in [2.75, 3.05) is 19.9 Å². The van der Waals surface area contributed by atoms with Gasteiger partial charge in [-0.2, -0.15) is 0 Å². The average molecular weight is 361 g/mol. The van der Waals surface area contributed by atoms with E-state index in [9.17, 15) is 4.79 Å². The molecule has 1 unspecified atom stereocenters. The van der Waals surface area contributed by atoms with Gasteiger partial charge in [0.15, 0.2) is 0 Å². The normalized spacial score (nSPS) is 13.8. The fraction of sp³-hybridized carbons (Fsp3) is 0.571. The van der Waals surface area contributed by atoms with Gasteiger partial charge in [-0.1, -0.05) is 6.42 Å². The minimum atomic E-state index is -0.592. The third kappa shape index (κ3) is 5.07. The number of nitrogens with one attached hydrogen (secondary N) is 1. The van der Waals surface area contributed by atoms with Gasteiger partial charge in [-0.3, -0.25) is 4.79 Å². The number of hydrogen-bond acceptors (Lipinski definition) is 5. The van der Waals surface area contributed by atoms with Crippen molar-refractivity contribution in [1.82, 2.24) is 10.3 Å². The highest BCUT2D eigenvalue weighted by atomic mass is 79.9. The van der Waals surface area contributed by atoms with Crippen LogP contribution in [0.15, 0.2) is 27.8 Å². The summed E-state index contributed by atoms with van der Waals surface area (Å²) in [5.41, 5.74) is -0.592. The number of esters is 1. The van der Waals surface area contributed by atoms with Crippen LogP contribution in [0.5, 0.6) is 0 Å². The first-order chi connectivity index (χ1) is 9.53. The molecule has 1 aromatic rings. The predicted octanol–water partition coefficient (Wildman–Crippen LogP) is 3.26. The zero-order chi connectivity index (χ0) is 15.0. The SMILES string of the molecule is CNC(C)(CCCCSc1ncccc1Br)C(=O)OC. The summed E-state index contributed by atoms with van der Waals surface area (Å²) in [6, 6.07) is 3.90. The maximum atomic E-state index is 11.7. The van der Waals surface area contributed by atoms with E-state index < -0.39 is 5.54 Å². The summed E-state index contributed by atoms with van der Waals surface area (Å²) in [6.45, 7) is 1.88. The predicted molar refractivity (Wildman–Crippen MR) is 86.0 cm³/mol. The summed E-state index contributed by atoms with van der Waals surface area (Å²) < 4.78 is 5.85. The first kappa shape index (κ1) is 17.5. The van der Waals surface area contributed by atoms with Crippen molar-refractivity contribution in [2.45, 2.75) is 36.8 Å². The molecule has 1 atom stereocenters. The lowest BCUT2D eigenvalue weighted by atomic mass is 9.95. The standard InChI is InChI=1S/C14H21BrN2O2S/c1-14(16-2,13(18)19-3)8-4-5-10-20-12-11(15)7-6-9-17-12/h6-7,9,16H,4-5,8,10H2,1-3H3. The number of aromatic nitrogens is 1. The number of unbranched alkanes of at least 4 members (excludes halogenated alkanes) is 1. The fourth-order valence-electron chi connectivity index (χ4n) is 1.78. The number of ether oxygens (including phenoxy) is 1. The second-order valence-electron chi connectivity index (χ2n) is 4.67. The molecule has 6 heteroatoms. The molecule has 0 aliphatic heterocycles. The van der Waals surface area contributed by atoms with Crippen LogP contribution in [0.2, 0.25) is 0 Å². The van der Waals surface area contributed by atoms with E-state index in [0.717, 1.165) is 34.5 Å². The number of carbonyl (C=O) groups excluding carboxylic acids is 1. The molecule has 0 aromatic carbocycles. The summed E-state index contributed by atoms with van der Waals surface area (Å²) in [7, 11) is 3.21. The fourth-order valence-corrected chi connectivity index (χ4v) is 3.26. The molecule has 0 fully saturated rings. The largest absolute Gasteiger partial charge is 0.468 e. The van der Waals surface area contributed by atoms with Gasteiger partial charge in [-0.15, -0.1) is 11.8 Å². The number of thioether (sulfide) groups is 1. The van der Waals surface area contributed by atoms with Gasteiger partial charge in [0.25, 0.3) is 0 Å². The second kappa shape index (κ2) is 8.64. The van der Waals surface area contributed by atoms with Crippen LogP contribution >= 0.6 is 27.7 Å². The van der Waals surface area contributed by atoms with Gasteiger partial charge in [0, 0.05) is 10.7 Å². The Morgan fingerprint density at radius 1 is 1.55 bits per heavy atom. The van der Waals surface area contributed by atoms with Crippen LogP contribution in [0, 0.1) is 0 Å². The highest BCUT2D eigenvalue weighted by Crippen LogP contribution is 2.26. The van der Waals surface area contributed by atoms with Crippen LogP contribution in [0.4, 0.5) is 0 Å². The van der Waals surface area contributed by atoms with Gasteiger partial charge in [-0.25, -0.2) is 4.98 Å². The van der Waals surface area contributed by atoms with E-state index in [1.165, 1.54) is 7.11 Å². The first-order valence-corrected chi connectivity index (χ1v) is 8.32. The summed E-state index contributed by atoms with van der Waals surface area (Å²) in [5.74, 6) is 0.774. The van der Waals surface area contributed by atoms with Crippen molar-refractivity contribution >= 4 is 33.7 Å². The molecule has 0 saturated heterocycles. The summed E-state index contributed by atoms with van der Waals surface area (Å²) in [4.78, 5) is 16.0. The molecule has 1 rings (SSSR count). The van der Waals surface area contributed by atoms with Gasteiger partial charge in [0.05, 0.1) is 7.11 Å². The molecule has 20 heavy (non-hydrogen) atoms. The molecule has 4 nitrogen and oxygen atoms in total. The van der Waals surface area contributed by atoms with Crippen molar-refractivity contribution in [3.05, 3.63) is 22.8 Å². The van der Waals surface area contributed by atoms with Crippen molar-refractivity contribution in [3.8, 4) is 0 Å². The highest BCUT2D eigenvalue weighted by Gasteiger charge is 2.31. The molecule has 0 radical (unpaired) electrons. The summed E-state index contributed by atoms with van der Waals surface area (Å²) in [5, 5.41) is 4.06. The number of hydrogen-bond donors (Lipinski definition) is 1. The highest BCUT2D eigenvalue weighted by molar-refractivity contribution is 9.10. The molecular weight excluding hydrogens is 340 g/mol. The third-order valence-electron chi connectivity index (χ3n) is 3.22. The van der Waals surface area contributed by atoms with E-state index in [-0.39, 0.29) is 5.97 Å². The van der Waals surface area contributed by atoms with Crippen LogP contribution in [0.3, 0.4) is 0 Å². The summed E-state index contributed by atoms with van der Waals surface area (Å²) >= 11 is 5.21. The third-order valence-corrected chi connectivity index (χ3v) is 5.22. The van der Waals surface area contributed by atoms with Gasteiger partial charge >= 0.3 is 5.97 Å². The van der Waals surface area contributed by atoms with Crippen LogP contribution < -0.4 is 5.32 Å². The molecule has 1 aromatic heterocycles.